The summed E-state index contributed by atoms with van der Waals surface area (Å²) in [5.41, 5.74) is 2.75. The van der Waals surface area contributed by atoms with E-state index in [1.54, 1.807) is 0 Å². The van der Waals surface area contributed by atoms with Gasteiger partial charge in [-0.1, -0.05) is 5.57 Å². The number of allylic oxidation sites excluding steroid dienone is 1. The van der Waals surface area contributed by atoms with Gasteiger partial charge in [0.2, 0.25) is 0 Å². The third-order valence-electron chi connectivity index (χ3n) is 2.25. The van der Waals surface area contributed by atoms with Crippen LogP contribution in [0.5, 0.6) is 0 Å². The van der Waals surface area contributed by atoms with Crippen molar-refractivity contribution in [2.24, 2.45) is 0 Å². The van der Waals surface area contributed by atoms with E-state index in [2.05, 4.69) is 13.8 Å². The van der Waals surface area contributed by atoms with E-state index in [0.29, 0.717) is 0 Å². The first-order chi connectivity index (χ1) is 4.79. The van der Waals surface area contributed by atoms with Crippen LogP contribution >= 0.6 is 0 Å². The summed E-state index contributed by atoms with van der Waals surface area (Å²) in [5.74, 6) is 0. The van der Waals surface area contributed by atoms with E-state index in [1.165, 1.54) is 11.1 Å². The smallest absolute Gasteiger partial charge is 0.117 e. The Morgan fingerprint density at radius 3 is 1.90 bits per heavy atom. The van der Waals surface area contributed by atoms with Crippen LogP contribution in [0.2, 0.25) is 0 Å². The number of hydrogen-bond donors (Lipinski definition) is 0. The lowest BCUT2D eigenvalue weighted by atomic mass is 10.1. The predicted molar refractivity (Wildman–Crippen MR) is 37.4 cm³/mol. The summed E-state index contributed by atoms with van der Waals surface area (Å²) >= 11 is 0. The molecule has 2 rings (SSSR count). The molecule has 2 nitrogen and oxygen atoms in total. The second-order valence-electron chi connectivity index (χ2n) is 3.20. The summed E-state index contributed by atoms with van der Waals surface area (Å²) < 4.78 is 0. The molecule has 10 heavy (non-hydrogen) atoms. The van der Waals surface area contributed by atoms with Gasteiger partial charge in [0, 0.05) is 0 Å². The molecule has 2 heteroatoms. The highest BCUT2D eigenvalue weighted by molar-refractivity contribution is 5.25. The van der Waals surface area contributed by atoms with Crippen molar-refractivity contribution in [2.75, 3.05) is 0 Å². The fourth-order valence-corrected chi connectivity index (χ4v) is 1.80. The topological polar surface area (TPSA) is 18.5 Å². The number of rotatable bonds is 0. The molecule has 2 bridgehead atoms. The van der Waals surface area contributed by atoms with E-state index in [1.807, 2.05) is 0 Å². The number of fused-ring (bicyclic) bond motifs is 2. The minimum absolute atomic E-state index is 0.287. The Morgan fingerprint density at radius 2 is 1.70 bits per heavy atom. The lowest BCUT2D eigenvalue weighted by Crippen LogP contribution is -2.05. The first-order valence-corrected chi connectivity index (χ1v) is 3.78. The highest BCUT2D eigenvalue weighted by Gasteiger charge is 2.40. The minimum Gasteiger partial charge on any atom is -0.228 e. The Balaban J connectivity index is 2.33. The van der Waals surface area contributed by atoms with Crippen molar-refractivity contribution in [3.63, 3.8) is 0 Å². The van der Waals surface area contributed by atoms with Gasteiger partial charge in [0.1, 0.15) is 12.2 Å². The maximum atomic E-state index is 5.07. The molecule has 0 amide bonds. The van der Waals surface area contributed by atoms with E-state index in [0.717, 1.165) is 12.8 Å². The maximum absolute atomic E-state index is 5.07. The van der Waals surface area contributed by atoms with Crippen molar-refractivity contribution in [3.8, 4) is 0 Å². The van der Waals surface area contributed by atoms with E-state index in [9.17, 15) is 0 Å². The van der Waals surface area contributed by atoms with Gasteiger partial charge < -0.3 is 0 Å². The van der Waals surface area contributed by atoms with Crippen molar-refractivity contribution in [1.82, 2.24) is 0 Å². The molecular weight excluding hydrogens is 128 g/mol. The molecule has 56 valence electrons. The van der Waals surface area contributed by atoms with E-state index < -0.39 is 0 Å². The zero-order valence-electron chi connectivity index (χ0n) is 6.39. The monoisotopic (exact) mass is 140 g/mol. The Kier molecular flexibility index (Phi) is 1.32. The first-order valence-electron chi connectivity index (χ1n) is 3.78. The van der Waals surface area contributed by atoms with Gasteiger partial charge >= 0.3 is 0 Å². The van der Waals surface area contributed by atoms with Gasteiger partial charge in [-0.15, -0.1) is 0 Å². The van der Waals surface area contributed by atoms with E-state index >= 15 is 0 Å². The Bertz CT molecular complexity index is 158. The zero-order chi connectivity index (χ0) is 7.14. The highest BCUT2D eigenvalue weighted by Crippen LogP contribution is 2.38. The van der Waals surface area contributed by atoms with Crippen LogP contribution in [0.4, 0.5) is 0 Å². The summed E-state index contributed by atoms with van der Waals surface area (Å²) in [6, 6.07) is 0. The van der Waals surface area contributed by atoms with Crippen molar-refractivity contribution in [1.29, 1.82) is 0 Å². The second kappa shape index (κ2) is 2.07. The van der Waals surface area contributed by atoms with Gasteiger partial charge in [-0.05, 0) is 32.3 Å². The molecule has 0 spiro atoms. The van der Waals surface area contributed by atoms with Crippen molar-refractivity contribution in [3.05, 3.63) is 11.1 Å². The van der Waals surface area contributed by atoms with Gasteiger partial charge in [-0.3, -0.25) is 0 Å². The van der Waals surface area contributed by atoms with Crippen LogP contribution in [0.15, 0.2) is 11.1 Å². The summed E-state index contributed by atoms with van der Waals surface area (Å²) in [5, 5.41) is 0. The quantitative estimate of drug-likeness (QED) is 0.377. The third-order valence-corrected chi connectivity index (χ3v) is 2.25. The lowest BCUT2D eigenvalue weighted by Gasteiger charge is -2.05. The summed E-state index contributed by atoms with van der Waals surface area (Å²) in [6.45, 7) is 4.25. The average molecular weight is 140 g/mol. The fraction of sp³-hybridized carbons (Fsp3) is 0.750. The first kappa shape index (κ1) is 6.38. The molecule has 0 aromatic carbocycles. The average Bonchev–Trinajstić information content (AvgIpc) is 2.43. The minimum atomic E-state index is 0.287. The SMILES string of the molecule is CC(C)=C1C2CCC1OO2. The predicted octanol–water partition coefficient (Wildman–Crippen LogP) is 1.82. The van der Waals surface area contributed by atoms with Crippen LogP contribution in [-0.4, -0.2) is 12.2 Å². The van der Waals surface area contributed by atoms with Gasteiger partial charge in [-0.25, -0.2) is 9.78 Å². The van der Waals surface area contributed by atoms with Crippen LogP contribution in [0.1, 0.15) is 26.7 Å². The van der Waals surface area contributed by atoms with Crippen LogP contribution in [0, 0.1) is 0 Å². The van der Waals surface area contributed by atoms with Crippen molar-refractivity contribution >= 4 is 0 Å². The molecule has 0 radical (unpaired) electrons. The highest BCUT2D eigenvalue weighted by atomic mass is 17.2. The molecule has 2 unspecified atom stereocenters. The van der Waals surface area contributed by atoms with Gasteiger partial charge in [0.05, 0.1) is 0 Å². The number of hydrogen-bond acceptors (Lipinski definition) is 2. The molecule has 1 aliphatic carbocycles. The van der Waals surface area contributed by atoms with Crippen LogP contribution in [-0.2, 0) is 9.78 Å². The molecule has 1 saturated carbocycles. The molecule has 2 fully saturated rings. The van der Waals surface area contributed by atoms with Crippen LogP contribution < -0.4 is 0 Å². The van der Waals surface area contributed by atoms with Crippen LogP contribution in [0.3, 0.4) is 0 Å². The van der Waals surface area contributed by atoms with Gasteiger partial charge in [-0.2, -0.15) is 0 Å². The van der Waals surface area contributed by atoms with Gasteiger partial charge in [0.25, 0.3) is 0 Å². The lowest BCUT2D eigenvalue weighted by molar-refractivity contribution is -0.315. The molecule has 1 aliphatic heterocycles. The Labute approximate surface area is 60.7 Å². The second-order valence-corrected chi connectivity index (χ2v) is 3.20. The fourth-order valence-electron chi connectivity index (χ4n) is 1.80. The van der Waals surface area contributed by atoms with Crippen LogP contribution in [0.25, 0.3) is 0 Å². The summed E-state index contributed by atoms with van der Waals surface area (Å²) in [6.07, 6.45) is 2.86. The zero-order valence-corrected chi connectivity index (χ0v) is 6.39. The molecule has 2 atom stereocenters. The van der Waals surface area contributed by atoms with Crippen molar-refractivity contribution < 1.29 is 9.78 Å². The third kappa shape index (κ3) is 0.724. The van der Waals surface area contributed by atoms with E-state index in [4.69, 9.17) is 9.78 Å². The Hall–Kier alpha value is -0.340. The Morgan fingerprint density at radius 1 is 1.20 bits per heavy atom. The standard InChI is InChI=1S/C8H12O2/c1-5(2)8-6-3-4-7(8)10-9-6/h6-7H,3-4H2,1-2H3. The molecular formula is C8H12O2. The molecule has 0 aromatic heterocycles. The molecule has 1 saturated heterocycles. The van der Waals surface area contributed by atoms with Crippen molar-refractivity contribution in [2.45, 2.75) is 38.9 Å². The molecule has 0 N–H and O–H groups in total. The van der Waals surface area contributed by atoms with E-state index in [-0.39, 0.29) is 12.2 Å². The maximum Gasteiger partial charge on any atom is 0.117 e. The normalized spacial score (nSPS) is 37.2. The summed E-state index contributed by atoms with van der Waals surface area (Å²) in [4.78, 5) is 10.1. The van der Waals surface area contributed by atoms with Gasteiger partial charge in [0.15, 0.2) is 0 Å². The largest absolute Gasteiger partial charge is 0.228 e. The summed E-state index contributed by atoms with van der Waals surface area (Å²) in [7, 11) is 0. The molecule has 2 aliphatic rings. The molecule has 1 heterocycles. The molecule has 0 aromatic rings.